The van der Waals surface area contributed by atoms with Crippen LogP contribution in [0.4, 0.5) is 0 Å². The molecule has 1 amide bonds. The van der Waals surface area contributed by atoms with Gasteiger partial charge in [-0.1, -0.05) is 0 Å². The lowest BCUT2D eigenvalue weighted by atomic mass is 10.2. The molecule has 2 aromatic heterocycles. The minimum Gasteiger partial charge on any atom is -0.452 e. The second-order valence-corrected chi connectivity index (χ2v) is 5.90. The second kappa shape index (κ2) is 6.43. The monoisotopic (exact) mass is 329 g/mol. The van der Waals surface area contributed by atoms with E-state index in [0.717, 1.165) is 18.5 Å². The van der Waals surface area contributed by atoms with E-state index in [1.165, 1.54) is 6.20 Å². The Bertz CT molecular complexity index is 868. The van der Waals surface area contributed by atoms with Crippen LogP contribution < -0.4 is 10.7 Å². The summed E-state index contributed by atoms with van der Waals surface area (Å²) >= 11 is 0. The van der Waals surface area contributed by atoms with Gasteiger partial charge in [0.05, 0.1) is 5.39 Å². The molecule has 0 atom stereocenters. The molecular weight excluding hydrogens is 310 g/mol. The summed E-state index contributed by atoms with van der Waals surface area (Å²) in [4.78, 5) is 40.7. The first-order valence-electron chi connectivity index (χ1n) is 7.97. The number of nitrogens with one attached hydrogen (secondary N) is 1. The fraction of sp³-hybridized carbons (Fsp3) is 0.412. The van der Waals surface area contributed by atoms with Crippen molar-refractivity contribution >= 4 is 22.9 Å². The van der Waals surface area contributed by atoms with E-state index < -0.39 is 11.4 Å². The van der Waals surface area contributed by atoms with E-state index in [-0.39, 0.29) is 24.1 Å². The number of rotatable bonds is 5. The summed E-state index contributed by atoms with van der Waals surface area (Å²) in [6, 6.07) is 3.58. The van der Waals surface area contributed by atoms with Crippen LogP contribution in [0.1, 0.15) is 35.8 Å². The Morgan fingerprint density at radius 3 is 2.79 bits per heavy atom. The average Bonchev–Trinajstić information content (AvgIpc) is 3.37. The van der Waals surface area contributed by atoms with Gasteiger partial charge < -0.3 is 14.6 Å². The molecule has 2 heterocycles. The predicted molar refractivity (Wildman–Crippen MR) is 87.9 cm³/mol. The number of carbonyl (C=O) groups excluding carboxylic acids is 2. The van der Waals surface area contributed by atoms with E-state index in [2.05, 4.69) is 10.3 Å². The highest BCUT2D eigenvalue weighted by Gasteiger charge is 2.24. The van der Waals surface area contributed by atoms with Crippen LogP contribution in [0, 0.1) is 6.92 Å². The molecule has 1 aliphatic carbocycles. The topological polar surface area (TPSA) is 90.3 Å². The maximum atomic E-state index is 12.5. The van der Waals surface area contributed by atoms with Crippen LogP contribution in [0.3, 0.4) is 0 Å². The first-order valence-corrected chi connectivity index (χ1v) is 7.97. The number of fused-ring (bicyclic) bond motifs is 1. The van der Waals surface area contributed by atoms with Crippen LogP contribution in [0.2, 0.25) is 0 Å². The van der Waals surface area contributed by atoms with Gasteiger partial charge in [-0.2, -0.15) is 0 Å². The third-order valence-corrected chi connectivity index (χ3v) is 3.90. The minimum absolute atomic E-state index is 0.0887. The van der Waals surface area contributed by atoms with Gasteiger partial charge in [-0.15, -0.1) is 0 Å². The molecule has 7 nitrogen and oxygen atoms in total. The van der Waals surface area contributed by atoms with Crippen molar-refractivity contribution in [3.05, 3.63) is 39.8 Å². The van der Waals surface area contributed by atoms with Gasteiger partial charge in [-0.25, -0.2) is 9.78 Å². The van der Waals surface area contributed by atoms with E-state index >= 15 is 0 Å². The van der Waals surface area contributed by atoms with Crippen molar-refractivity contribution in [3.63, 3.8) is 0 Å². The van der Waals surface area contributed by atoms with Gasteiger partial charge in [-0.3, -0.25) is 9.59 Å². The normalized spacial score (nSPS) is 13.8. The van der Waals surface area contributed by atoms with Crippen LogP contribution in [-0.4, -0.2) is 34.1 Å². The van der Waals surface area contributed by atoms with Gasteiger partial charge in [0.1, 0.15) is 11.2 Å². The quantitative estimate of drug-likeness (QED) is 0.831. The van der Waals surface area contributed by atoms with Crippen LogP contribution in [0.5, 0.6) is 0 Å². The third-order valence-electron chi connectivity index (χ3n) is 3.90. The fourth-order valence-electron chi connectivity index (χ4n) is 2.45. The molecule has 1 aliphatic rings. The van der Waals surface area contributed by atoms with Gasteiger partial charge in [0.15, 0.2) is 6.61 Å². The number of ether oxygens (including phenoxy) is 1. The molecule has 0 unspecified atom stereocenters. The Kier molecular flexibility index (Phi) is 4.33. The summed E-state index contributed by atoms with van der Waals surface area (Å²) in [7, 11) is 0. The molecule has 0 spiro atoms. The Labute approximate surface area is 138 Å². The fourth-order valence-corrected chi connectivity index (χ4v) is 2.45. The zero-order chi connectivity index (χ0) is 17.3. The minimum atomic E-state index is -0.796. The van der Waals surface area contributed by atoms with Crippen molar-refractivity contribution in [1.82, 2.24) is 14.9 Å². The van der Waals surface area contributed by atoms with E-state index in [1.54, 1.807) is 16.7 Å². The van der Waals surface area contributed by atoms with Gasteiger partial charge in [0.2, 0.25) is 5.43 Å². The SMILES string of the molecule is CCn1cc(C(=O)OCC(=O)NC2CC2)c(=O)c2ccc(C)nc21. The first kappa shape index (κ1) is 16.2. The second-order valence-electron chi connectivity index (χ2n) is 5.90. The van der Waals surface area contributed by atoms with Gasteiger partial charge in [0, 0.05) is 24.5 Å². The van der Waals surface area contributed by atoms with Crippen molar-refractivity contribution < 1.29 is 14.3 Å². The average molecular weight is 329 g/mol. The number of aryl methyl sites for hydroxylation is 2. The van der Waals surface area contributed by atoms with Gasteiger partial charge >= 0.3 is 5.97 Å². The van der Waals surface area contributed by atoms with E-state index in [9.17, 15) is 14.4 Å². The summed E-state index contributed by atoms with van der Waals surface area (Å²) < 4.78 is 6.71. The van der Waals surface area contributed by atoms with Crippen molar-refractivity contribution in [3.8, 4) is 0 Å². The van der Waals surface area contributed by atoms with Crippen molar-refractivity contribution in [2.75, 3.05) is 6.61 Å². The number of nitrogens with zero attached hydrogens (tertiary/aromatic N) is 2. The summed E-state index contributed by atoms with van der Waals surface area (Å²) in [5, 5.41) is 3.08. The summed E-state index contributed by atoms with van der Waals surface area (Å²) in [6.45, 7) is 3.90. The zero-order valence-corrected chi connectivity index (χ0v) is 13.7. The Balaban J connectivity index is 1.86. The van der Waals surface area contributed by atoms with Crippen molar-refractivity contribution in [2.24, 2.45) is 0 Å². The lowest BCUT2D eigenvalue weighted by Gasteiger charge is -2.11. The maximum absolute atomic E-state index is 12.5. The zero-order valence-electron chi connectivity index (χ0n) is 13.7. The molecule has 0 aromatic carbocycles. The van der Waals surface area contributed by atoms with E-state index in [1.807, 2.05) is 13.8 Å². The molecule has 24 heavy (non-hydrogen) atoms. The highest BCUT2D eigenvalue weighted by Crippen LogP contribution is 2.18. The largest absolute Gasteiger partial charge is 0.452 e. The molecule has 0 saturated heterocycles. The predicted octanol–water partition coefficient (Wildman–Crippen LogP) is 1.16. The number of aromatic nitrogens is 2. The van der Waals surface area contributed by atoms with E-state index in [4.69, 9.17) is 4.74 Å². The van der Waals surface area contributed by atoms with Crippen molar-refractivity contribution in [2.45, 2.75) is 39.3 Å². The Hall–Kier alpha value is -2.70. The molecule has 126 valence electrons. The number of pyridine rings is 2. The first-order chi connectivity index (χ1) is 11.5. The number of hydrogen-bond donors (Lipinski definition) is 1. The van der Waals surface area contributed by atoms with Crippen molar-refractivity contribution in [1.29, 1.82) is 0 Å². The number of hydrogen-bond acceptors (Lipinski definition) is 5. The highest BCUT2D eigenvalue weighted by atomic mass is 16.5. The molecule has 1 saturated carbocycles. The van der Waals surface area contributed by atoms with Crippen LogP contribution in [-0.2, 0) is 16.1 Å². The van der Waals surface area contributed by atoms with Crippen LogP contribution >= 0.6 is 0 Å². The number of esters is 1. The summed E-state index contributed by atoms with van der Waals surface area (Å²) in [5.41, 5.74) is 0.797. The van der Waals surface area contributed by atoms with E-state index in [0.29, 0.717) is 17.6 Å². The standard InChI is InChI=1S/C17H19N3O4/c1-3-20-8-13(15(22)12-7-4-10(2)18-16(12)20)17(23)24-9-14(21)19-11-5-6-11/h4,7-8,11H,3,5-6,9H2,1-2H3,(H,19,21). The molecular formula is C17H19N3O4. The Morgan fingerprint density at radius 2 is 2.12 bits per heavy atom. The summed E-state index contributed by atoms with van der Waals surface area (Å²) in [6.07, 6.45) is 3.36. The van der Waals surface area contributed by atoms with Gasteiger partial charge in [-0.05, 0) is 38.8 Å². The number of amides is 1. The lowest BCUT2D eigenvalue weighted by Crippen LogP contribution is -2.31. The highest BCUT2D eigenvalue weighted by molar-refractivity contribution is 5.94. The smallest absolute Gasteiger partial charge is 0.344 e. The molecule has 1 fully saturated rings. The van der Waals surface area contributed by atoms with Crippen LogP contribution in [0.15, 0.2) is 23.1 Å². The molecule has 0 aliphatic heterocycles. The molecule has 7 heteroatoms. The van der Waals surface area contributed by atoms with Gasteiger partial charge in [0.25, 0.3) is 5.91 Å². The maximum Gasteiger partial charge on any atom is 0.344 e. The molecule has 0 bridgehead atoms. The molecule has 1 N–H and O–H groups in total. The number of carbonyl (C=O) groups is 2. The third kappa shape index (κ3) is 3.29. The molecule has 3 rings (SSSR count). The van der Waals surface area contributed by atoms with Crippen LogP contribution in [0.25, 0.3) is 11.0 Å². The Morgan fingerprint density at radius 1 is 1.38 bits per heavy atom. The molecule has 2 aromatic rings. The summed E-state index contributed by atoms with van der Waals surface area (Å²) in [5.74, 6) is -1.14. The molecule has 0 radical (unpaired) electrons. The lowest BCUT2D eigenvalue weighted by molar-refractivity contribution is -0.124.